The zero-order chi connectivity index (χ0) is 23.4. The molecule has 3 aromatic rings. The van der Waals surface area contributed by atoms with Crippen molar-refractivity contribution < 1.29 is 24.6 Å². The average molecular weight is 450 g/mol. The van der Waals surface area contributed by atoms with Gasteiger partial charge in [0.2, 0.25) is 5.91 Å². The van der Waals surface area contributed by atoms with Crippen molar-refractivity contribution in [3.05, 3.63) is 71.4 Å². The molecule has 3 atom stereocenters. The van der Waals surface area contributed by atoms with E-state index < -0.39 is 29.9 Å². The number of hydrogen-bond acceptors (Lipinski definition) is 6. The highest BCUT2D eigenvalue weighted by atomic mass is 16.5. The maximum atomic E-state index is 12.7. The minimum absolute atomic E-state index is 0.363. The number of nitrogens with zero attached hydrogens (tertiary/aromatic N) is 1. The zero-order valence-electron chi connectivity index (χ0n) is 18.3. The van der Waals surface area contributed by atoms with E-state index in [0.29, 0.717) is 37.2 Å². The molecule has 8 nitrogen and oxygen atoms in total. The molecule has 1 heterocycles. The van der Waals surface area contributed by atoms with Crippen LogP contribution in [0, 0.1) is 12.8 Å². The number of hydroxylamine groups is 1. The van der Waals surface area contributed by atoms with Crippen molar-refractivity contribution in [3.63, 3.8) is 0 Å². The van der Waals surface area contributed by atoms with E-state index in [4.69, 9.17) is 9.94 Å². The first-order valence-electron chi connectivity index (χ1n) is 11.0. The second-order valence-corrected chi connectivity index (χ2v) is 8.33. The zero-order valence-corrected chi connectivity index (χ0v) is 18.3. The fraction of sp³-hybridized carbons (Fsp3) is 0.320. The van der Waals surface area contributed by atoms with Gasteiger partial charge in [0.05, 0.1) is 23.6 Å². The minimum atomic E-state index is -0.855. The van der Waals surface area contributed by atoms with Crippen LogP contribution in [0.3, 0.4) is 0 Å². The molecule has 0 radical (unpaired) electrons. The van der Waals surface area contributed by atoms with Gasteiger partial charge in [0.25, 0.3) is 5.91 Å². The standard InChI is InChI=1S/C25H27N3O5/c1-15-13-17(19-5-2-3-7-21(19)26-15)14-33-18-11-9-16(10-12-18)24(30)27-23-20(25(31)28-32)6-4-8-22(23)29/h2-3,5,7,9-13,20,22-23,29,32H,4,6,8,14H2,1H3,(H,27,30)(H,28,31)/t20-,22-,23?/m0/s1. The number of pyridine rings is 1. The molecule has 33 heavy (non-hydrogen) atoms. The lowest BCUT2D eigenvalue weighted by molar-refractivity contribution is -0.137. The van der Waals surface area contributed by atoms with Gasteiger partial charge in [0.15, 0.2) is 0 Å². The number of carbonyl (C=O) groups is 2. The first kappa shape index (κ1) is 22.7. The molecule has 4 rings (SSSR count). The van der Waals surface area contributed by atoms with Crippen LogP contribution in [0.25, 0.3) is 10.9 Å². The maximum Gasteiger partial charge on any atom is 0.251 e. The third-order valence-corrected chi connectivity index (χ3v) is 6.05. The van der Waals surface area contributed by atoms with Crippen LogP contribution < -0.4 is 15.5 Å². The normalized spacial score (nSPS) is 20.3. The summed E-state index contributed by atoms with van der Waals surface area (Å²) in [6, 6.07) is 15.8. The van der Waals surface area contributed by atoms with Crippen LogP contribution in [0.15, 0.2) is 54.6 Å². The van der Waals surface area contributed by atoms with E-state index in [1.54, 1.807) is 29.7 Å². The van der Waals surface area contributed by atoms with Gasteiger partial charge in [-0.2, -0.15) is 0 Å². The highest BCUT2D eigenvalue weighted by Crippen LogP contribution is 2.26. The van der Waals surface area contributed by atoms with Crippen molar-refractivity contribution in [2.75, 3.05) is 0 Å². The number of para-hydroxylation sites is 1. The average Bonchev–Trinajstić information content (AvgIpc) is 2.83. The van der Waals surface area contributed by atoms with Crippen LogP contribution in [0.5, 0.6) is 5.75 Å². The molecule has 172 valence electrons. The van der Waals surface area contributed by atoms with E-state index >= 15 is 0 Å². The molecule has 1 unspecified atom stereocenters. The molecule has 1 fully saturated rings. The molecule has 0 bridgehead atoms. The second kappa shape index (κ2) is 9.97. The van der Waals surface area contributed by atoms with E-state index in [0.717, 1.165) is 22.2 Å². The topological polar surface area (TPSA) is 121 Å². The van der Waals surface area contributed by atoms with Gasteiger partial charge in [-0.1, -0.05) is 18.2 Å². The summed E-state index contributed by atoms with van der Waals surface area (Å²) >= 11 is 0. The second-order valence-electron chi connectivity index (χ2n) is 8.33. The molecule has 8 heteroatoms. The highest BCUT2D eigenvalue weighted by Gasteiger charge is 2.37. The first-order chi connectivity index (χ1) is 16.0. The number of nitrogens with one attached hydrogen (secondary N) is 2. The summed E-state index contributed by atoms with van der Waals surface area (Å²) in [7, 11) is 0. The third kappa shape index (κ3) is 5.13. The number of carbonyl (C=O) groups excluding carboxylic acids is 2. The highest BCUT2D eigenvalue weighted by molar-refractivity contribution is 5.95. The van der Waals surface area contributed by atoms with E-state index in [1.165, 1.54) is 0 Å². The smallest absolute Gasteiger partial charge is 0.251 e. The Morgan fingerprint density at radius 3 is 2.64 bits per heavy atom. The number of rotatable bonds is 6. The van der Waals surface area contributed by atoms with Crippen LogP contribution in [-0.2, 0) is 11.4 Å². The SMILES string of the molecule is Cc1cc(COc2ccc(C(=O)NC3[C@@H](C(=O)NO)CCC[C@@H]3O)cc2)c2ccccc2n1. The van der Waals surface area contributed by atoms with Gasteiger partial charge in [-0.3, -0.25) is 19.8 Å². The number of amides is 2. The van der Waals surface area contributed by atoms with Crippen LogP contribution in [-0.4, -0.2) is 39.3 Å². The first-order valence-corrected chi connectivity index (χ1v) is 11.0. The van der Waals surface area contributed by atoms with Crippen molar-refractivity contribution in [2.45, 2.75) is 44.9 Å². The van der Waals surface area contributed by atoms with Crippen LogP contribution in [0.1, 0.15) is 40.9 Å². The van der Waals surface area contributed by atoms with Gasteiger partial charge < -0.3 is 15.2 Å². The molecule has 0 saturated heterocycles. The summed E-state index contributed by atoms with van der Waals surface area (Å²) in [5, 5.41) is 23.0. The van der Waals surface area contributed by atoms with E-state index in [9.17, 15) is 14.7 Å². The van der Waals surface area contributed by atoms with Crippen molar-refractivity contribution >= 4 is 22.7 Å². The van der Waals surface area contributed by atoms with Crippen LogP contribution in [0.4, 0.5) is 0 Å². The molecule has 1 aliphatic rings. The summed E-state index contributed by atoms with van der Waals surface area (Å²) in [5.74, 6) is -1.09. The third-order valence-electron chi connectivity index (χ3n) is 6.05. The fourth-order valence-corrected chi connectivity index (χ4v) is 4.36. The van der Waals surface area contributed by atoms with Crippen molar-refractivity contribution in [3.8, 4) is 5.75 Å². The largest absolute Gasteiger partial charge is 0.489 e. The van der Waals surface area contributed by atoms with Gasteiger partial charge in [0.1, 0.15) is 12.4 Å². The molecule has 1 aromatic heterocycles. The fourth-order valence-electron chi connectivity index (χ4n) is 4.36. The molecule has 0 aliphatic heterocycles. The predicted octanol–water partition coefficient (Wildman–Crippen LogP) is 2.89. The maximum absolute atomic E-state index is 12.7. The van der Waals surface area contributed by atoms with Gasteiger partial charge in [0, 0.05) is 22.2 Å². The number of aliphatic hydroxyl groups excluding tert-OH is 1. The number of aromatic nitrogens is 1. The van der Waals surface area contributed by atoms with Gasteiger partial charge in [-0.15, -0.1) is 0 Å². The number of aryl methyl sites for hydroxylation is 1. The Bertz CT molecular complexity index is 1150. The Morgan fingerprint density at radius 1 is 1.12 bits per heavy atom. The Morgan fingerprint density at radius 2 is 1.88 bits per heavy atom. The van der Waals surface area contributed by atoms with Crippen molar-refractivity contribution in [1.29, 1.82) is 0 Å². The van der Waals surface area contributed by atoms with Crippen molar-refractivity contribution in [1.82, 2.24) is 15.8 Å². The molecule has 0 spiro atoms. The van der Waals surface area contributed by atoms with Gasteiger partial charge in [-0.25, -0.2) is 5.48 Å². The Balaban J connectivity index is 1.42. The summed E-state index contributed by atoms with van der Waals surface area (Å²) in [6.45, 7) is 2.31. The van der Waals surface area contributed by atoms with Crippen LogP contribution >= 0.6 is 0 Å². The molecule has 2 amide bonds. The number of ether oxygens (including phenoxy) is 1. The van der Waals surface area contributed by atoms with E-state index in [-0.39, 0.29) is 0 Å². The summed E-state index contributed by atoms with van der Waals surface area (Å²) in [4.78, 5) is 29.2. The molecule has 1 aliphatic carbocycles. The Kier molecular flexibility index (Phi) is 6.86. The Labute approximate surface area is 191 Å². The van der Waals surface area contributed by atoms with Gasteiger partial charge in [-0.05, 0) is 62.6 Å². The summed E-state index contributed by atoms with van der Waals surface area (Å²) in [5.41, 5.74) is 4.87. The molecular weight excluding hydrogens is 422 g/mol. The predicted molar refractivity (Wildman–Crippen MR) is 122 cm³/mol. The number of fused-ring (bicyclic) bond motifs is 1. The lowest BCUT2D eigenvalue weighted by Gasteiger charge is -2.34. The molecular formula is C25H27N3O5. The Hall–Kier alpha value is -3.49. The number of benzene rings is 2. The number of hydrogen-bond donors (Lipinski definition) is 4. The monoisotopic (exact) mass is 449 g/mol. The summed E-state index contributed by atoms with van der Waals surface area (Å²) in [6.07, 6.45) is 0.746. The van der Waals surface area contributed by atoms with Gasteiger partial charge >= 0.3 is 0 Å². The lowest BCUT2D eigenvalue weighted by atomic mass is 9.82. The van der Waals surface area contributed by atoms with E-state index in [1.807, 2.05) is 37.3 Å². The quantitative estimate of drug-likeness (QED) is 0.339. The van der Waals surface area contributed by atoms with Crippen molar-refractivity contribution in [2.24, 2.45) is 5.92 Å². The minimum Gasteiger partial charge on any atom is -0.489 e. The lowest BCUT2D eigenvalue weighted by Crippen LogP contribution is -2.54. The number of aliphatic hydroxyl groups is 1. The molecule has 4 N–H and O–H groups in total. The summed E-state index contributed by atoms with van der Waals surface area (Å²) < 4.78 is 5.94. The van der Waals surface area contributed by atoms with Crippen LogP contribution in [0.2, 0.25) is 0 Å². The molecule has 1 saturated carbocycles. The van der Waals surface area contributed by atoms with E-state index in [2.05, 4.69) is 10.3 Å². The molecule has 2 aromatic carbocycles.